The summed E-state index contributed by atoms with van der Waals surface area (Å²) in [7, 11) is 0. The number of nitrogens with zero attached hydrogens (tertiary/aromatic N) is 4. The van der Waals surface area contributed by atoms with Crippen LogP contribution in [0.2, 0.25) is 0 Å². The van der Waals surface area contributed by atoms with Gasteiger partial charge in [0.15, 0.2) is 5.96 Å². The maximum Gasteiger partial charge on any atom is 0.401 e. The molecule has 1 aliphatic heterocycles. The molecule has 0 saturated carbocycles. The van der Waals surface area contributed by atoms with Crippen LogP contribution in [0.3, 0.4) is 0 Å². The summed E-state index contributed by atoms with van der Waals surface area (Å²) in [4.78, 5) is 5.90. The molecule has 1 aromatic rings. The number of nitrogens with one attached hydrogen (secondary N) is 2. The highest BCUT2D eigenvalue weighted by atomic mass is 19.4. The average Bonchev–Trinajstić information content (AvgIpc) is 3.07. The predicted octanol–water partition coefficient (Wildman–Crippen LogP) is 1.38. The lowest BCUT2D eigenvalue weighted by Crippen LogP contribution is -2.45. The Morgan fingerprint density at radius 3 is 2.88 bits per heavy atom. The van der Waals surface area contributed by atoms with Crippen molar-refractivity contribution in [3.8, 4) is 0 Å². The molecule has 1 unspecified atom stereocenters. The topological polar surface area (TPSA) is 57.5 Å². The summed E-state index contributed by atoms with van der Waals surface area (Å²) < 4.78 is 39.1. The first-order chi connectivity index (χ1) is 11.4. The van der Waals surface area contributed by atoms with Gasteiger partial charge in [-0.2, -0.15) is 18.3 Å². The molecule has 1 atom stereocenters. The number of hydrogen-bond acceptors (Lipinski definition) is 3. The lowest BCUT2D eigenvalue weighted by molar-refractivity contribution is -0.143. The zero-order valence-corrected chi connectivity index (χ0v) is 14.1. The Morgan fingerprint density at radius 2 is 2.25 bits per heavy atom. The summed E-state index contributed by atoms with van der Waals surface area (Å²) in [5, 5.41) is 10.6. The third-order valence-corrected chi connectivity index (χ3v) is 3.72. The third-order valence-electron chi connectivity index (χ3n) is 3.72. The van der Waals surface area contributed by atoms with E-state index in [1.54, 1.807) is 6.20 Å². The highest BCUT2D eigenvalue weighted by Gasteiger charge is 2.34. The molecule has 0 amide bonds. The van der Waals surface area contributed by atoms with Gasteiger partial charge in [0.1, 0.15) is 0 Å². The Labute approximate surface area is 140 Å². The van der Waals surface area contributed by atoms with E-state index in [-0.39, 0.29) is 6.04 Å². The van der Waals surface area contributed by atoms with Crippen molar-refractivity contribution in [3.63, 3.8) is 0 Å². The van der Waals surface area contributed by atoms with Crippen molar-refractivity contribution in [3.05, 3.63) is 18.0 Å². The fourth-order valence-corrected chi connectivity index (χ4v) is 2.71. The van der Waals surface area contributed by atoms with Crippen LogP contribution in [0.4, 0.5) is 13.2 Å². The normalized spacial score (nSPS) is 19.7. The molecule has 2 rings (SSSR count). The number of halogens is 3. The number of guanidine groups is 1. The van der Waals surface area contributed by atoms with Crippen molar-refractivity contribution in [2.24, 2.45) is 4.99 Å². The van der Waals surface area contributed by atoms with Crippen LogP contribution in [0.5, 0.6) is 0 Å². The Kier molecular flexibility index (Phi) is 6.47. The zero-order chi connectivity index (χ0) is 17.6. The van der Waals surface area contributed by atoms with Crippen LogP contribution >= 0.6 is 0 Å². The fraction of sp³-hybridized carbons (Fsp3) is 0.733. The number of aliphatic imine (C=N–C) groups is 1. The molecule has 2 N–H and O–H groups in total. The molecule has 0 bridgehead atoms. The van der Waals surface area contributed by atoms with Gasteiger partial charge in [0.05, 0.1) is 25.8 Å². The van der Waals surface area contributed by atoms with E-state index in [1.807, 2.05) is 24.7 Å². The van der Waals surface area contributed by atoms with Gasteiger partial charge in [0.25, 0.3) is 0 Å². The minimum absolute atomic E-state index is 0.0166. The second kappa shape index (κ2) is 8.36. The van der Waals surface area contributed by atoms with Crippen LogP contribution in [0, 0.1) is 6.92 Å². The zero-order valence-electron chi connectivity index (χ0n) is 14.1. The van der Waals surface area contributed by atoms with Crippen LogP contribution in [0.15, 0.2) is 17.4 Å². The summed E-state index contributed by atoms with van der Waals surface area (Å²) in [6.45, 7) is 5.82. The molecule has 1 aromatic heterocycles. The molecule has 2 heterocycles. The smallest absolute Gasteiger partial charge is 0.357 e. The maximum absolute atomic E-state index is 12.4. The van der Waals surface area contributed by atoms with Gasteiger partial charge in [-0.05, 0) is 25.8 Å². The van der Waals surface area contributed by atoms with Crippen molar-refractivity contribution in [1.82, 2.24) is 25.3 Å². The summed E-state index contributed by atoms with van der Waals surface area (Å²) >= 11 is 0. The molecular formula is C15H25F3N6. The highest BCUT2D eigenvalue weighted by Crippen LogP contribution is 2.19. The number of aryl methyl sites for hydroxylation is 1. The molecule has 0 spiro atoms. The molecule has 0 aromatic carbocycles. The minimum Gasteiger partial charge on any atom is -0.357 e. The van der Waals surface area contributed by atoms with E-state index in [4.69, 9.17) is 0 Å². The average molecular weight is 346 g/mol. The largest absolute Gasteiger partial charge is 0.401 e. The standard InChI is InChI=1S/C15H25F3N6/c1-3-19-14(20-5-7-24-9-12(2)8-21-24)22-13-4-6-23(10-13)11-15(16,17)18/h8-9,13H,3-7,10-11H2,1-2H3,(H2,19,20,22). The number of alkyl halides is 3. The molecule has 24 heavy (non-hydrogen) atoms. The van der Waals surface area contributed by atoms with Gasteiger partial charge < -0.3 is 10.6 Å². The maximum atomic E-state index is 12.4. The van der Waals surface area contributed by atoms with Crippen molar-refractivity contribution in [2.45, 2.75) is 39.0 Å². The van der Waals surface area contributed by atoms with Crippen LogP contribution < -0.4 is 10.6 Å². The van der Waals surface area contributed by atoms with Crippen molar-refractivity contribution in [2.75, 3.05) is 32.7 Å². The molecule has 1 aliphatic rings. The highest BCUT2D eigenvalue weighted by molar-refractivity contribution is 5.80. The quantitative estimate of drug-likeness (QED) is 0.604. The van der Waals surface area contributed by atoms with Crippen LogP contribution in [-0.2, 0) is 6.54 Å². The number of aromatic nitrogens is 2. The number of likely N-dealkylation sites (tertiary alicyclic amines) is 1. The lowest BCUT2D eigenvalue weighted by atomic mass is 10.3. The monoisotopic (exact) mass is 346 g/mol. The first kappa shape index (κ1) is 18.6. The molecule has 9 heteroatoms. The second-order valence-corrected chi connectivity index (χ2v) is 6.02. The second-order valence-electron chi connectivity index (χ2n) is 6.02. The molecular weight excluding hydrogens is 321 g/mol. The lowest BCUT2D eigenvalue weighted by Gasteiger charge is -2.19. The molecule has 0 radical (unpaired) electrons. The predicted molar refractivity (Wildman–Crippen MR) is 87.0 cm³/mol. The van der Waals surface area contributed by atoms with E-state index in [0.717, 1.165) is 5.56 Å². The van der Waals surface area contributed by atoms with E-state index in [1.165, 1.54) is 4.90 Å². The van der Waals surface area contributed by atoms with Gasteiger partial charge in [0, 0.05) is 31.9 Å². The molecule has 0 aliphatic carbocycles. The van der Waals surface area contributed by atoms with Gasteiger partial charge in [-0.1, -0.05) is 0 Å². The van der Waals surface area contributed by atoms with Gasteiger partial charge in [0.2, 0.25) is 0 Å². The van der Waals surface area contributed by atoms with Crippen molar-refractivity contribution in [1.29, 1.82) is 0 Å². The Bertz CT molecular complexity index is 540. The first-order valence-corrected chi connectivity index (χ1v) is 8.18. The Morgan fingerprint density at radius 1 is 1.46 bits per heavy atom. The molecule has 136 valence electrons. The molecule has 1 saturated heterocycles. The summed E-state index contributed by atoms with van der Waals surface area (Å²) in [5.41, 5.74) is 1.10. The summed E-state index contributed by atoms with van der Waals surface area (Å²) in [6, 6.07) is -0.0166. The van der Waals surface area contributed by atoms with E-state index in [9.17, 15) is 13.2 Å². The van der Waals surface area contributed by atoms with E-state index >= 15 is 0 Å². The molecule has 6 nitrogen and oxygen atoms in total. The summed E-state index contributed by atoms with van der Waals surface area (Å²) in [6.07, 6.45) is 0.275. The van der Waals surface area contributed by atoms with E-state index in [0.29, 0.717) is 45.1 Å². The van der Waals surface area contributed by atoms with Gasteiger partial charge in [-0.3, -0.25) is 14.6 Å². The molecule has 1 fully saturated rings. The van der Waals surface area contributed by atoms with Crippen LogP contribution in [0.25, 0.3) is 0 Å². The van der Waals surface area contributed by atoms with E-state index < -0.39 is 12.7 Å². The van der Waals surface area contributed by atoms with E-state index in [2.05, 4.69) is 20.7 Å². The SMILES string of the molecule is CCNC(=NCCn1cc(C)cn1)NC1CCN(CC(F)(F)F)C1. The van der Waals surface area contributed by atoms with Crippen LogP contribution in [-0.4, -0.2) is 65.6 Å². The third kappa shape index (κ3) is 6.38. The fourth-order valence-electron chi connectivity index (χ4n) is 2.71. The number of hydrogen-bond donors (Lipinski definition) is 2. The van der Waals surface area contributed by atoms with Gasteiger partial charge >= 0.3 is 6.18 Å². The van der Waals surface area contributed by atoms with Gasteiger partial charge in [-0.25, -0.2) is 0 Å². The minimum atomic E-state index is -4.14. The first-order valence-electron chi connectivity index (χ1n) is 8.18. The Balaban J connectivity index is 1.81. The summed E-state index contributed by atoms with van der Waals surface area (Å²) in [5.74, 6) is 0.639. The van der Waals surface area contributed by atoms with Crippen molar-refractivity contribution < 1.29 is 13.2 Å². The van der Waals surface area contributed by atoms with Gasteiger partial charge in [-0.15, -0.1) is 0 Å². The number of rotatable bonds is 6. The van der Waals surface area contributed by atoms with Crippen LogP contribution in [0.1, 0.15) is 18.9 Å². The van der Waals surface area contributed by atoms with Crippen molar-refractivity contribution >= 4 is 5.96 Å². The Hall–Kier alpha value is -1.77.